The topological polar surface area (TPSA) is 72.9 Å². The summed E-state index contributed by atoms with van der Waals surface area (Å²) in [6, 6.07) is 0. The van der Waals surface area contributed by atoms with Gasteiger partial charge in [0.15, 0.2) is 0 Å². The third kappa shape index (κ3) is 1.80. The SMILES string of the molecule is CCNC(=O)c1c(N)cnn1CC. The Hall–Kier alpha value is -1.52. The highest BCUT2D eigenvalue weighted by molar-refractivity contribution is 5.97. The summed E-state index contributed by atoms with van der Waals surface area (Å²) in [4.78, 5) is 11.5. The number of carbonyl (C=O) groups is 1. The number of amides is 1. The normalized spacial score (nSPS) is 10.0. The summed E-state index contributed by atoms with van der Waals surface area (Å²) in [5.41, 5.74) is 6.48. The molecule has 0 saturated carbocycles. The van der Waals surface area contributed by atoms with Crippen LogP contribution in [-0.2, 0) is 6.54 Å². The fourth-order valence-corrected chi connectivity index (χ4v) is 1.13. The van der Waals surface area contributed by atoms with Crippen molar-refractivity contribution in [3.05, 3.63) is 11.9 Å². The molecule has 1 aromatic heterocycles. The molecular weight excluding hydrogens is 168 g/mol. The average molecular weight is 182 g/mol. The van der Waals surface area contributed by atoms with Gasteiger partial charge in [0.1, 0.15) is 5.69 Å². The predicted molar refractivity (Wildman–Crippen MR) is 50.3 cm³/mol. The van der Waals surface area contributed by atoms with Gasteiger partial charge in [-0.05, 0) is 13.8 Å². The summed E-state index contributed by atoms with van der Waals surface area (Å²) >= 11 is 0. The second-order valence-electron chi connectivity index (χ2n) is 2.62. The summed E-state index contributed by atoms with van der Waals surface area (Å²) in [5, 5.41) is 6.65. The number of nitrogens with one attached hydrogen (secondary N) is 1. The lowest BCUT2D eigenvalue weighted by Gasteiger charge is -2.04. The molecule has 1 heterocycles. The first-order chi connectivity index (χ1) is 6.20. The molecule has 0 spiro atoms. The molecule has 13 heavy (non-hydrogen) atoms. The van der Waals surface area contributed by atoms with Crippen molar-refractivity contribution in [3.8, 4) is 0 Å². The third-order valence-electron chi connectivity index (χ3n) is 1.72. The Bertz CT molecular complexity index is 305. The van der Waals surface area contributed by atoms with Crippen LogP contribution < -0.4 is 11.1 Å². The molecule has 0 bridgehead atoms. The molecule has 0 radical (unpaired) electrons. The van der Waals surface area contributed by atoms with E-state index < -0.39 is 0 Å². The molecule has 0 fully saturated rings. The first kappa shape index (κ1) is 9.57. The fraction of sp³-hybridized carbons (Fsp3) is 0.500. The summed E-state index contributed by atoms with van der Waals surface area (Å²) in [5.74, 6) is -0.167. The van der Waals surface area contributed by atoms with Crippen LogP contribution in [0.2, 0.25) is 0 Å². The lowest BCUT2D eigenvalue weighted by molar-refractivity contribution is 0.0946. The molecule has 72 valence electrons. The van der Waals surface area contributed by atoms with Gasteiger partial charge in [-0.25, -0.2) is 0 Å². The van der Waals surface area contributed by atoms with Gasteiger partial charge in [0.2, 0.25) is 0 Å². The molecule has 0 saturated heterocycles. The number of nitrogens with zero attached hydrogens (tertiary/aromatic N) is 2. The zero-order valence-electron chi connectivity index (χ0n) is 7.87. The Morgan fingerprint density at radius 3 is 2.92 bits per heavy atom. The van der Waals surface area contributed by atoms with Crippen molar-refractivity contribution >= 4 is 11.6 Å². The monoisotopic (exact) mass is 182 g/mol. The lowest BCUT2D eigenvalue weighted by atomic mass is 10.3. The first-order valence-corrected chi connectivity index (χ1v) is 4.30. The maximum Gasteiger partial charge on any atom is 0.271 e. The number of anilines is 1. The standard InChI is InChI=1S/C8H14N4O/c1-3-10-8(13)7-6(9)5-11-12(7)4-2/h5H,3-4,9H2,1-2H3,(H,10,13). The minimum absolute atomic E-state index is 0.167. The van der Waals surface area contributed by atoms with Crippen LogP contribution in [0.1, 0.15) is 24.3 Å². The Morgan fingerprint density at radius 2 is 2.38 bits per heavy atom. The number of rotatable bonds is 3. The van der Waals surface area contributed by atoms with Crippen LogP contribution in [0.3, 0.4) is 0 Å². The lowest BCUT2D eigenvalue weighted by Crippen LogP contribution is -2.26. The van der Waals surface area contributed by atoms with E-state index in [1.54, 1.807) is 4.68 Å². The second kappa shape index (κ2) is 3.93. The number of hydrogen-bond donors (Lipinski definition) is 2. The van der Waals surface area contributed by atoms with Crippen molar-refractivity contribution in [2.45, 2.75) is 20.4 Å². The van der Waals surface area contributed by atoms with Crippen molar-refractivity contribution in [3.63, 3.8) is 0 Å². The Labute approximate surface area is 76.9 Å². The molecule has 0 aliphatic heterocycles. The third-order valence-corrected chi connectivity index (χ3v) is 1.72. The van der Waals surface area contributed by atoms with Crippen LogP contribution in [0.5, 0.6) is 0 Å². The average Bonchev–Trinajstić information content (AvgIpc) is 2.47. The van der Waals surface area contributed by atoms with E-state index in [0.29, 0.717) is 24.5 Å². The smallest absolute Gasteiger partial charge is 0.271 e. The van der Waals surface area contributed by atoms with Gasteiger partial charge in [0, 0.05) is 13.1 Å². The fourth-order valence-electron chi connectivity index (χ4n) is 1.13. The van der Waals surface area contributed by atoms with Crippen LogP contribution in [0, 0.1) is 0 Å². The van der Waals surface area contributed by atoms with Gasteiger partial charge in [-0.15, -0.1) is 0 Å². The molecule has 0 aliphatic rings. The van der Waals surface area contributed by atoms with E-state index in [9.17, 15) is 4.79 Å². The highest BCUT2D eigenvalue weighted by Gasteiger charge is 2.14. The zero-order valence-corrected chi connectivity index (χ0v) is 7.87. The first-order valence-electron chi connectivity index (χ1n) is 4.30. The number of nitrogen functional groups attached to an aromatic ring is 1. The number of aromatic nitrogens is 2. The van der Waals surface area contributed by atoms with Crippen LogP contribution in [0.25, 0.3) is 0 Å². The molecule has 0 aliphatic carbocycles. The largest absolute Gasteiger partial charge is 0.396 e. The number of aryl methyl sites for hydroxylation is 1. The van der Waals surface area contributed by atoms with Gasteiger partial charge in [-0.1, -0.05) is 0 Å². The quantitative estimate of drug-likeness (QED) is 0.703. The van der Waals surface area contributed by atoms with Crippen molar-refractivity contribution in [1.29, 1.82) is 0 Å². The maximum absolute atomic E-state index is 11.5. The van der Waals surface area contributed by atoms with Crippen LogP contribution in [-0.4, -0.2) is 22.2 Å². The van der Waals surface area contributed by atoms with E-state index in [-0.39, 0.29) is 5.91 Å². The van der Waals surface area contributed by atoms with E-state index in [4.69, 9.17) is 5.73 Å². The minimum atomic E-state index is -0.167. The molecule has 1 amide bonds. The van der Waals surface area contributed by atoms with Crippen molar-refractivity contribution < 1.29 is 4.79 Å². The summed E-state index contributed by atoms with van der Waals surface area (Å²) in [6.45, 7) is 5.01. The molecule has 5 heteroatoms. The van der Waals surface area contributed by atoms with E-state index >= 15 is 0 Å². The summed E-state index contributed by atoms with van der Waals surface area (Å²) < 4.78 is 1.58. The summed E-state index contributed by atoms with van der Waals surface area (Å²) in [7, 11) is 0. The van der Waals surface area contributed by atoms with Crippen molar-refractivity contribution in [2.75, 3.05) is 12.3 Å². The maximum atomic E-state index is 11.5. The molecule has 0 unspecified atom stereocenters. The Balaban J connectivity index is 2.96. The second-order valence-corrected chi connectivity index (χ2v) is 2.62. The Morgan fingerprint density at radius 1 is 1.69 bits per heavy atom. The van der Waals surface area contributed by atoms with Gasteiger partial charge < -0.3 is 11.1 Å². The predicted octanol–water partition coefficient (Wildman–Crippen LogP) is 0.235. The van der Waals surface area contributed by atoms with Crippen LogP contribution in [0.15, 0.2) is 6.20 Å². The van der Waals surface area contributed by atoms with E-state index in [0.717, 1.165) is 0 Å². The van der Waals surface area contributed by atoms with Gasteiger partial charge in [0.25, 0.3) is 5.91 Å². The van der Waals surface area contributed by atoms with Gasteiger partial charge in [-0.3, -0.25) is 9.48 Å². The van der Waals surface area contributed by atoms with Crippen molar-refractivity contribution in [2.24, 2.45) is 0 Å². The van der Waals surface area contributed by atoms with Crippen LogP contribution in [0.4, 0.5) is 5.69 Å². The number of nitrogens with two attached hydrogens (primary N) is 1. The van der Waals surface area contributed by atoms with Gasteiger partial charge in [0.05, 0.1) is 11.9 Å². The van der Waals surface area contributed by atoms with Crippen LogP contribution >= 0.6 is 0 Å². The van der Waals surface area contributed by atoms with Gasteiger partial charge >= 0.3 is 0 Å². The van der Waals surface area contributed by atoms with E-state index in [1.807, 2.05) is 13.8 Å². The number of carbonyl (C=O) groups excluding carboxylic acids is 1. The summed E-state index contributed by atoms with van der Waals surface area (Å²) in [6.07, 6.45) is 1.49. The highest BCUT2D eigenvalue weighted by Crippen LogP contribution is 2.09. The van der Waals surface area contributed by atoms with E-state index in [1.165, 1.54) is 6.20 Å². The highest BCUT2D eigenvalue weighted by atomic mass is 16.2. The molecular formula is C8H14N4O. The van der Waals surface area contributed by atoms with Crippen molar-refractivity contribution in [1.82, 2.24) is 15.1 Å². The molecule has 3 N–H and O–H groups in total. The molecule has 0 aromatic carbocycles. The van der Waals surface area contributed by atoms with Gasteiger partial charge in [-0.2, -0.15) is 5.10 Å². The molecule has 5 nitrogen and oxygen atoms in total. The zero-order chi connectivity index (χ0) is 9.84. The van der Waals surface area contributed by atoms with E-state index in [2.05, 4.69) is 10.4 Å². The molecule has 0 atom stereocenters. The molecule has 1 rings (SSSR count). The number of hydrogen-bond acceptors (Lipinski definition) is 3. The minimum Gasteiger partial charge on any atom is -0.396 e. The Kier molecular flexibility index (Phi) is 2.89. The molecule has 1 aromatic rings.